The van der Waals surface area contributed by atoms with Crippen LogP contribution in [0.4, 0.5) is 5.69 Å². The molecule has 0 aliphatic rings. The molecule has 0 fully saturated rings. The fraction of sp³-hybridized carbons (Fsp3) is 0.190. The molecule has 6 nitrogen and oxygen atoms in total. The van der Waals surface area contributed by atoms with E-state index in [-0.39, 0.29) is 23.1 Å². The Labute approximate surface area is 164 Å². The zero-order chi connectivity index (χ0) is 20.1. The highest BCUT2D eigenvalue weighted by Crippen LogP contribution is 2.21. The molecular weight excluding hydrogens is 374 g/mol. The first-order valence-corrected chi connectivity index (χ1v) is 10.5. The van der Waals surface area contributed by atoms with Gasteiger partial charge >= 0.3 is 0 Å². The number of carbonyl (C=O) groups is 1. The fourth-order valence-corrected chi connectivity index (χ4v) is 3.49. The second kappa shape index (κ2) is 8.31. The van der Waals surface area contributed by atoms with Gasteiger partial charge in [0.25, 0.3) is 0 Å². The molecule has 0 bridgehead atoms. The number of nitrogens with one attached hydrogen (secondary N) is 1. The minimum atomic E-state index is -3.38. The SMILES string of the molecule is CCS(=O)(=O)c1ccc(-c2cccc(NC(=O)Cc3cccc(C)c3)c2)nn1. The summed E-state index contributed by atoms with van der Waals surface area (Å²) in [6.07, 6.45) is 0.287. The average Bonchev–Trinajstić information content (AvgIpc) is 2.68. The van der Waals surface area contributed by atoms with Crippen molar-refractivity contribution in [1.29, 1.82) is 0 Å². The molecular formula is C21H21N3O3S. The zero-order valence-corrected chi connectivity index (χ0v) is 16.5. The smallest absolute Gasteiger partial charge is 0.228 e. The van der Waals surface area contributed by atoms with Crippen molar-refractivity contribution < 1.29 is 13.2 Å². The molecule has 0 atom stereocenters. The predicted molar refractivity (Wildman–Crippen MR) is 109 cm³/mol. The number of hydrogen-bond acceptors (Lipinski definition) is 5. The highest BCUT2D eigenvalue weighted by Gasteiger charge is 2.14. The van der Waals surface area contributed by atoms with Crippen LogP contribution < -0.4 is 5.32 Å². The number of aryl methyl sites for hydroxylation is 1. The van der Waals surface area contributed by atoms with Crippen LogP contribution in [0.3, 0.4) is 0 Å². The van der Waals surface area contributed by atoms with E-state index in [0.717, 1.165) is 16.7 Å². The van der Waals surface area contributed by atoms with Gasteiger partial charge in [0.15, 0.2) is 14.9 Å². The number of amides is 1. The number of carbonyl (C=O) groups excluding carboxylic acids is 1. The van der Waals surface area contributed by atoms with Crippen LogP contribution in [-0.4, -0.2) is 30.3 Å². The van der Waals surface area contributed by atoms with Crippen molar-refractivity contribution in [2.75, 3.05) is 11.1 Å². The van der Waals surface area contributed by atoms with Crippen molar-refractivity contribution in [3.8, 4) is 11.3 Å². The molecule has 1 N–H and O–H groups in total. The topological polar surface area (TPSA) is 89.0 Å². The number of hydrogen-bond donors (Lipinski definition) is 1. The molecule has 0 radical (unpaired) electrons. The lowest BCUT2D eigenvalue weighted by molar-refractivity contribution is -0.115. The summed E-state index contributed by atoms with van der Waals surface area (Å²) < 4.78 is 23.7. The normalized spacial score (nSPS) is 11.2. The van der Waals surface area contributed by atoms with E-state index in [1.165, 1.54) is 6.07 Å². The molecule has 3 aromatic rings. The van der Waals surface area contributed by atoms with Gasteiger partial charge in [0.2, 0.25) is 5.91 Å². The first kappa shape index (κ1) is 19.7. The summed E-state index contributed by atoms with van der Waals surface area (Å²) in [6, 6.07) is 18.1. The number of sulfone groups is 1. The fourth-order valence-electron chi connectivity index (χ4n) is 2.76. The first-order chi connectivity index (χ1) is 13.4. The highest BCUT2D eigenvalue weighted by molar-refractivity contribution is 7.91. The van der Waals surface area contributed by atoms with Gasteiger partial charge in [-0.2, -0.15) is 0 Å². The molecule has 0 saturated heterocycles. The molecule has 28 heavy (non-hydrogen) atoms. The van der Waals surface area contributed by atoms with Crippen LogP contribution in [0.5, 0.6) is 0 Å². The largest absolute Gasteiger partial charge is 0.326 e. The van der Waals surface area contributed by atoms with Crippen LogP contribution in [-0.2, 0) is 21.1 Å². The van der Waals surface area contributed by atoms with Crippen LogP contribution >= 0.6 is 0 Å². The van der Waals surface area contributed by atoms with Crippen molar-refractivity contribution in [1.82, 2.24) is 10.2 Å². The Bertz CT molecular complexity index is 1090. The second-order valence-electron chi connectivity index (χ2n) is 6.46. The lowest BCUT2D eigenvalue weighted by Gasteiger charge is -2.08. The summed E-state index contributed by atoms with van der Waals surface area (Å²) in [6.45, 7) is 3.55. The van der Waals surface area contributed by atoms with E-state index in [1.54, 1.807) is 31.2 Å². The van der Waals surface area contributed by atoms with E-state index in [2.05, 4.69) is 15.5 Å². The Morgan fingerprint density at radius 3 is 2.46 bits per heavy atom. The van der Waals surface area contributed by atoms with Gasteiger partial charge < -0.3 is 5.32 Å². The minimum absolute atomic E-state index is 0.0243. The predicted octanol–water partition coefficient (Wildman–Crippen LogP) is 3.43. The summed E-state index contributed by atoms with van der Waals surface area (Å²) >= 11 is 0. The van der Waals surface area contributed by atoms with Crippen LogP contribution in [0.25, 0.3) is 11.3 Å². The summed E-state index contributed by atoms with van der Waals surface area (Å²) in [5.41, 5.74) is 3.97. The van der Waals surface area contributed by atoms with Crippen LogP contribution in [0.2, 0.25) is 0 Å². The lowest BCUT2D eigenvalue weighted by Crippen LogP contribution is -2.14. The number of aromatic nitrogens is 2. The number of rotatable bonds is 6. The maximum atomic E-state index is 12.3. The van der Waals surface area contributed by atoms with Gasteiger partial charge in [0.05, 0.1) is 17.9 Å². The molecule has 0 aliphatic carbocycles. The van der Waals surface area contributed by atoms with E-state index in [9.17, 15) is 13.2 Å². The third-order valence-electron chi connectivity index (χ3n) is 4.23. The zero-order valence-electron chi connectivity index (χ0n) is 15.7. The summed E-state index contributed by atoms with van der Waals surface area (Å²) in [5, 5.41) is 10.7. The van der Waals surface area contributed by atoms with Crippen LogP contribution in [0, 0.1) is 6.92 Å². The van der Waals surface area contributed by atoms with E-state index < -0.39 is 9.84 Å². The Morgan fingerprint density at radius 1 is 1.00 bits per heavy atom. The standard InChI is InChI=1S/C21H21N3O3S/c1-3-28(26,27)21-11-10-19(23-24-21)17-8-5-9-18(14-17)22-20(25)13-16-7-4-6-15(2)12-16/h4-12,14H,3,13H2,1-2H3,(H,22,25). The van der Waals surface area contributed by atoms with Gasteiger partial charge in [-0.25, -0.2) is 8.42 Å². The summed E-state index contributed by atoms with van der Waals surface area (Å²) in [5.74, 6) is -0.137. The maximum absolute atomic E-state index is 12.3. The van der Waals surface area contributed by atoms with Gasteiger partial charge in [0, 0.05) is 11.3 Å². The molecule has 1 heterocycles. The Morgan fingerprint density at radius 2 is 1.79 bits per heavy atom. The van der Waals surface area contributed by atoms with Crippen molar-refractivity contribution in [3.63, 3.8) is 0 Å². The molecule has 1 amide bonds. The van der Waals surface area contributed by atoms with Gasteiger partial charge in [-0.1, -0.05) is 48.9 Å². The quantitative estimate of drug-likeness (QED) is 0.691. The van der Waals surface area contributed by atoms with Crippen LogP contribution in [0.1, 0.15) is 18.1 Å². The monoisotopic (exact) mass is 395 g/mol. The van der Waals surface area contributed by atoms with Crippen molar-refractivity contribution >= 4 is 21.4 Å². The molecule has 2 aromatic carbocycles. The molecule has 0 aliphatic heterocycles. The van der Waals surface area contributed by atoms with Crippen molar-refractivity contribution in [3.05, 3.63) is 71.8 Å². The van der Waals surface area contributed by atoms with E-state index in [0.29, 0.717) is 11.4 Å². The van der Waals surface area contributed by atoms with Gasteiger partial charge in [-0.15, -0.1) is 10.2 Å². The lowest BCUT2D eigenvalue weighted by atomic mass is 10.1. The van der Waals surface area contributed by atoms with E-state index in [4.69, 9.17) is 0 Å². The molecule has 3 rings (SSSR count). The Balaban J connectivity index is 1.74. The molecule has 7 heteroatoms. The molecule has 1 aromatic heterocycles. The summed E-state index contributed by atoms with van der Waals surface area (Å²) in [7, 11) is -3.38. The molecule has 0 saturated carbocycles. The third kappa shape index (κ3) is 4.80. The van der Waals surface area contributed by atoms with Gasteiger partial charge in [-0.05, 0) is 36.8 Å². The van der Waals surface area contributed by atoms with E-state index >= 15 is 0 Å². The Hall–Kier alpha value is -3.06. The van der Waals surface area contributed by atoms with Gasteiger partial charge in [0.1, 0.15) is 0 Å². The Kier molecular flexibility index (Phi) is 5.84. The second-order valence-corrected chi connectivity index (χ2v) is 8.68. The van der Waals surface area contributed by atoms with Gasteiger partial charge in [-0.3, -0.25) is 4.79 Å². The van der Waals surface area contributed by atoms with Crippen LogP contribution in [0.15, 0.2) is 65.7 Å². The molecule has 144 valence electrons. The van der Waals surface area contributed by atoms with Crippen molar-refractivity contribution in [2.45, 2.75) is 25.3 Å². The molecule has 0 unspecified atom stereocenters. The third-order valence-corrected chi connectivity index (χ3v) is 5.84. The summed E-state index contributed by atoms with van der Waals surface area (Å²) in [4.78, 5) is 12.3. The molecule has 0 spiro atoms. The number of anilines is 1. The maximum Gasteiger partial charge on any atom is 0.228 e. The minimum Gasteiger partial charge on any atom is -0.326 e. The first-order valence-electron chi connectivity index (χ1n) is 8.90. The van der Waals surface area contributed by atoms with Crippen molar-refractivity contribution in [2.24, 2.45) is 0 Å². The number of benzene rings is 2. The van der Waals surface area contributed by atoms with E-state index in [1.807, 2.05) is 37.3 Å². The average molecular weight is 395 g/mol. The number of nitrogens with zero attached hydrogens (tertiary/aromatic N) is 2. The highest BCUT2D eigenvalue weighted by atomic mass is 32.2.